The van der Waals surface area contributed by atoms with Crippen LogP contribution in [-0.2, 0) is 0 Å². The Morgan fingerprint density at radius 2 is 1.93 bits per heavy atom. The molecule has 0 saturated carbocycles. The summed E-state index contributed by atoms with van der Waals surface area (Å²) < 4.78 is 2.31. The summed E-state index contributed by atoms with van der Waals surface area (Å²) >= 11 is 9.05. The van der Waals surface area contributed by atoms with Crippen molar-refractivity contribution in [1.29, 1.82) is 0 Å². The number of rotatable bonds is 1. The van der Waals surface area contributed by atoms with Crippen LogP contribution in [-0.4, -0.2) is 19.9 Å². The van der Waals surface area contributed by atoms with Gasteiger partial charge in [-0.3, -0.25) is 0 Å². The first-order chi connectivity index (χ1) is 6.66. The van der Waals surface area contributed by atoms with Crippen LogP contribution in [0.4, 0.5) is 0 Å². The van der Waals surface area contributed by atoms with Crippen molar-refractivity contribution in [3.05, 3.63) is 34.0 Å². The van der Waals surface area contributed by atoms with E-state index >= 15 is 0 Å². The Morgan fingerprint density at radius 1 is 1.29 bits per heavy atom. The zero-order valence-electron chi connectivity index (χ0n) is 6.85. The highest BCUT2D eigenvalue weighted by atomic mass is 79.9. The molecule has 72 valence electrons. The van der Waals surface area contributed by atoms with Gasteiger partial charge in [-0.15, -0.1) is 5.10 Å². The Morgan fingerprint density at radius 3 is 2.43 bits per heavy atom. The molecule has 0 bridgehead atoms. The molecule has 0 saturated heterocycles. The minimum Gasteiger partial charge on any atom is -0.478 e. The molecule has 0 atom stereocenters. The first kappa shape index (κ1) is 9.48. The van der Waals surface area contributed by atoms with E-state index in [1.54, 1.807) is 0 Å². The average Bonchev–Trinajstić information content (AvgIpc) is 2.47. The van der Waals surface area contributed by atoms with E-state index in [2.05, 4.69) is 26.0 Å². The maximum Gasteiger partial charge on any atom is 0.334 e. The van der Waals surface area contributed by atoms with Crippen LogP contribution >= 0.6 is 27.5 Å². The number of nitrogens with zero attached hydrogens (tertiary/aromatic N) is 3. The second-order valence-corrected chi connectivity index (χ2v) is 3.82. The molecule has 0 aliphatic carbocycles. The summed E-state index contributed by atoms with van der Waals surface area (Å²) in [5.74, 6) is 0. The summed E-state index contributed by atoms with van der Waals surface area (Å²) in [7, 11) is 0. The lowest BCUT2D eigenvalue weighted by Gasteiger charge is -2.00. The molecule has 1 aromatic carbocycles. The highest BCUT2D eigenvalue weighted by Crippen LogP contribution is 2.18. The van der Waals surface area contributed by atoms with Gasteiger partial charge in [-0.1, -0.05) is 15.9 Å². The van der Waals surface area contributed by atoms with Gasteiger partial charge in [-0.2, -0.15) is 9.67 Å². The monoisotopic (exact) mass is 273 g/mol. The van der Waals surface area contributed by atoms with E-state index < -0.39 is 0 Å². The smallest absolute Gasteiger partial charge is 0.334 e. The van der Waals surface area contributed by atoms with Crippen molar-refractivity contribution in [2.75, 3.05) is 0 Å². The van der Waals surface area contributed by atoms with Crippen LogP contribution in [0.3, 0.4) is 0 Å². The number of aromatic hydroxyl groups is 1. The molecule has 4 nitrogen and oxygen atoms in total. The molecule has 1 N–H and O–H groups in total. The van der Waals surface area contributed by atoms with Crippen LogP contribution in [0.15, 0.2) is 28.7 Å². The molecule has 0 aliphatic rings. The number of aromatic nitrogens is 3. The van der Waals surface area contributed by atoms with Crippen LogP contribution in [0.5, 0.6) is 6.01 Å². The van der Waals surface area contributed by atoms with Gasteiger partial charge in [-0.25, -0.2) is 0 Å². The molecule has 1 aromatic heterocycles. The molecule has 0 aliphatic heterocycles. The van der Waals surface area contributed by atoms with Crippen molar-refractivity contribution >= 4 is 27.5 Å². The topological polar surface area (TPSA) is 50.9 Å². The van der Waals surface area contributed by atoms with E-state index in [0.717, 1.165) is 10.2 Å². The predicted octanol–water partition coefficient (Wildman–Crippen LogP) is 2.39. The molecular formula is C8H5BrClN3O. The highest BCUT2D eigenvalue weighted by molar-refractivity contribution is 9.10. The summed E-state index contributed by atoms with van der Waals surface area (Å²) in [5.41, 5.74) is 0.742. The van der Waals surface area contributed by atoms with Crippen molar-refractivity contribution < 1.29 is 5.11 Å². The molecule has 2 rings (SSSR count). The van der Waals surface area contributed by atoms with E-state index in [9.17, 15) is 0 Å². The SMILES string of the molecule is Oc1nc(Cl)n(-c2ccc(Br)cc2)n1. The van der Waals surface area contributed by atoms with E-state index in [-0.39, 0.29) is 11.3 Å². The quantitative estimate of drug-likeness (QED) is 0.868. The zero-order chi connectivity index (χ0) is 10.1. The predicted molar refractivity (Wildman–Crippen MR) is 55.7 cm³/mol. The molecule has 14 heavy (non-hydrogen) atoms. The van der Waals surface area contributed by atoms with Crippen LogP contribution in [0, 0.1) is 0 Å². The molecule has 6 heteroatoms. The normalized spacial score (nSPS) is 10.4. The Kier molecular flexibility index (Phi) is 2.43. The van der Waals surface area contributed by atoms with Crippen LogP contribution < -0.4 is 0 Å². The summed E-state index contributed by atoms with van der Waals surface area (Å²) in [6.07, 6.45) is 0. The van der Waals surface area contributed by atoms with Gasteiger partial charge >= 0.3 is 6.01 Å². The van der Waals surface area contributed by atoms with Gasteiger partial charge < -0.3 is 5.11 Å². The highest BCUT2D eigenvalue weighted by Gasteiger charge is 2.07. The Bertz CT molecular complexity index is 454. The van der Waals surface area contributed by atoms with Gasteiger partial charge in [0.1, 0.15) is 0 Å². The van der Waals surface area contributed by atoms with Crippen molar-refractivity contribution in [3.8, 4) is 11.7 Å². The summed E-state index contributed by atoms with van der Waals surface area (Å²) in [4.78, 5) is 3.57. The minimum absolute atomic E-state index is 0.129. The van der Waals surface area contributed by atoms with Crippen LogP contribution in [0.25, 0.3) is 5.69 Å². The molecular weight excluding hydrogens is 269 g/mol. The molecule has 0 amide bonds. The van der Waals surface area contributed by atoms with E-state index in [4.69, 9.17) is 16.7 Å². The van der Waals surface area contributed by atoms with Crippen LogP contribution in [0.1, 0.15) is 0 Å². The number of hydrogen-bond donors (Lipinski definition) is 1. The van der Waals surface area contributed by atoms with Crippen molar-refractivity contribution in [2.45, 2.75) is 0 Å². The lowest BCUT2D eigenvalue weighted by atomic mass is 10.3. The molecule has 0 radical (unpaired) electrons. The molecule has 0 spiro atoms. The number of halogens is 2. The largest absolute Gasteiger partial charge is 0.478 e. The Labute approximate surface area is 93.3 Å². The Balaban J connectivity index is 2.49. The van der Waals surface area contributed by atoms with Gasteiger partial charge in [0.15, 0.2) is 0 Å². The minimum atomic E-state index is -0.335. The molecule has 1 heterocycles. The van der Waals surface area contributed by atoms with Gasteiger partial charge in [0.25, 0.3) is 0 Å². The van der Waals surface area contributed by atoms with Crippen molar-refractivity contribution in [2.24, 2.45) is 0 Å². The van der Waals surface area contributed by atoms with E-state index in [1.165, 1.54) is 4.68 Å². The molecule has 2 aromatic rings. The van der Waals surface area contributed by atoms with Crippen LogP contribution in [0.2, 0.25) is 5.28 Å². The second kappa shape index (κ2) is 3.59. The summed E-state index contributed by atoms with van der Waals surface area (Å²) in [6.45, 7) is 0. The van der Waals surface area contributed by atoms with Crippen molar-refractivity contribution in [1.82, 2.24) is 14.8 Å². The third kappa shape index (κ3) is 1.73. The average molecular weight is 275 g/mol. The summed E-state index contributed by atoms with van der Waals surface area (Å²) in [6, 6.07) is 6.99. The maximum atomic E-state index is 9.01. The lowest BCUT2D eigenvalue weighted by molar-refractivity contribution is 0.430. The summed E-state index contributed by atoms with van der Waals surface area (Å²) in [5, 5.41) is 12.9. The third-order valence-electron chi connectivity index (χ3n) is 1.63. The Hall–Kier alpha value is -1.07. The maximum absolute atomic E-state index is 9.01. The van der Waals surface area contributed by atoms with Gasteiger partial charge in [0.2, 0.25) is 5.28 Å². The lowest BCUT2D eigenvalue weighted by Crippen LogP contribution is -1.95. The standard InChI is InChI=1S/C8H5BrClN3O/c9-5-1-3-6(4-2-5)13-7(10)11-8(14)12-13/h1-4H,(H,12,14). The first-order valence-corrected chi connectivity index (χ1v) is 4.91. The fourth-order valence-corrected chi connectivity index (χ4v) is 1.50. The van der Waals surface area contributed by atoms with Gasteiger partial charge in [0, 0.05) is 4.47 Å². The first-order valence-electron chi connectivity index (χ1n) is 3.74. The van der Waals surface area contributed by atoms with Gasteiger partial charge in [0.05, 0.1) is 5.69 Å². The number of benzene rings is 1. The number of hydrogen-bond acceptors (Lipinski definition) is 3. The molecule has 0 unspecified atom stereocenters. The fraction of sp³-hybridized carbons (Fsp3) is 0. The van der Waals surface area contributed by atoms with E-state index in [1.807, 2.05) is 24.3 Å². The second-order valence-electron chi connectivity index (χ2n) is 2.57. The fourth-order valence-electron chi connectivity index (χ4n) is 1.03. The zero-order valence-corrected chi connectivity index (χ0v) is 9.20. The molecule has 0 fully saturated rings. The van der Waals surface area contributed by atoms with Crippen molar-refractivity contribution in [3.63, 3.8) is 0 Å². The van der Waals surface area contributed by atoms with Gasteiger partial charge in [-0.05, 0) is 35.9 Å². The van der Waals surface area contributed by atoms with E-state index in [0.29, 0.717) is 0 Å². The third-order valence-corrected chi connectivity index (χ3v) is 2.40.